The Kier molecular flexibility index (Phi) is 5.69. The molecule has 0 aliphatic rings. The smallest absolute Gasteiger partial charge is 0.239 e. The van der Waals surface area contributed by atoms with E-state index in [-0.39, 0.29) is 13.2 Å². The first-order valence-electron chi connectivity index (χ1n) is 5.65. The second-order valence-corrected chi connectivity index (χ2v) is 5.78. The van der Waals surface area contributed by atoms with Crippen molar-refractivity contribution in [3.8, 4) is 12.0 Å². The van der Waals surface area contributed by atoms with Crippen LogP contribution in [-0.2, 0) is 16.6 Å². The van der Waals surface area contributed by atoms with E-state index < -0.39 is 10.0 Å². The lowest BCUT2D eigenvalue weighted by Gasteiger charge is -2.14. The highest BCUT2D eigenvalue weighted by molar-refractivity contribution is 7.88. The van der Waals surface area contributed by atoms with Crippen LogP contribution >= 0.6 is 0 Å². The Morgan fingerprint density at radius 1 is 1.28 bits per heavy atom. The lowest BCUT2D eigenvalue weighted by atomic mass is 10.2. The van der Waals surface area contributed by atoms with Crippen LogP contribution in [-0.4, -0.2) is 30.7 Å². The maximum Gasteiger partial charge on any atom is 0.239 e. The van der Waals surface area contributed by atoms with E-state index in [4.69, 9.17) is 5.11 Å². The molecule has 0 aromatic heterocycles. The number of sulfonamides is 1. The molecule has 0 aliphatic heterocycles. The molecular formula is C13H17NO3S. The minimum absolute atomic E-state index is 0.0617. The number of aliphatic hydroxyl groups excluding tert-OH is 1. The van der Waals surface area contributed by atoms with Gasteiger partial charge in [0, 0.05) is 19.1 Å². The van der Waals surface area contributed by atoms with E-state index in [1.807, 2.05) is 30.3 Å². The molecule has 0 aliphatic carbocycles. The van der Waals surface area contributed by atoms with Crippen LogP contribution in [0, 0.1) is 12.0 Å². The molecule has 0 spiro atoms. The fourth-order valence-corrected chi connectivity index (χ4v) is 1.91. The van der Waals surface area contributed by atoms with Crippen molar-refractivity contribution in [3.05, 3.63) is 35.9 Å². The van der Waals surface area contributed by atoms with Crippen molar-refractivity contribution in [1.82, 2.24) is 4.31 Å². The van der Waals surface area contributed by atoms with E-state index in [0.29, 0.717) is 12.8 Å². The molecule has 0 saturated carbocycles. The van der Waals surface area contributed by atoms with Gasteiger partial charge >= 0.3 is 0 Å². The van der Waals surface area contributed by atoms with Crippen molar-refractivity contribution in [3.63, 3.8) is 0 Å². The summed E-state index contributed by atoms with van der Waals surface area (Å²) in [6, 6.07) is 11.9. The van der Waals surface area contributed by atoms with E-state index in [1.54, 1.807) is 0 Å². The van der Waals surface area contributed by atoms with Gasteiger partial charge in [0.25, 0.3) is 0 Å². The standard InChI is InChI=1S/C13H17NO3S/c1-18(16,17)14(10-6-3-7-11-15)12-13-8-4-2-5-9-13/h2,4-5,8-9,15H,3,7,11-12H2,1H3. The lowest BCUT2D eigenvalue weighted by Crippen LogP contribution is -2.24. The highest BCUT2D eigenvalue weighted by Gasteiger charge is 2.12. The molecule has 0 heterocycles. The van der Waals surface area contributed by atoms with Gasteiger partial charge in [-0.05, 0) is 12.0 Å². The predicted molar refractivity (Wildman–Crippen MR) is 70.9 cm³/mol. The van der Waals surface area contributed by atoms with E-state index in [0.717, 1.165) is 16.1 Å². The molecular weight excluding hydrogens is 250 g/mol. The zero-order chi connectivity index (χ0) is 13.4. The van der Waals surface area contributed by atoms with Crippen molar-refractivity contribution >= 4 is 10.0 Å². The van der Waals surface area contributed by atoms with Gasteiger partial charge in [0.2, 0.25) is 10.0 Å². The molecule has 5 heteroatoms. The van der Waals surface area contributed by atoms with Crippen LogP contribution in [0.2, 0.25) is 0 Å². The maximum absolute atomic E-state index is 11.6. The van der Waals surface area contributed by atoms with Gasteiger partial charge in [-0.3, -0.25) is 0 Å². The molecule has 0 radical (unpaired) electrons. The molecule has 0 atom stereocenters. The average Bonchev–Trinajstić information content (AvgIpc) is 2.33. The SMILES string of the molecule is CS(=O)(=O)N(C#CCCCO)Cc1ccccc1. The van der Waals surface area contributed by atoms with Crippen LogP contribution < -0.4 is 0 Å². The summed E-state index contributed by atoms with van der Waals surface area (Å²) in [6.07, 6.45) is 2.17. The number of unbranched alkanes of at least 4 members (excludes halogenated alkanes) is 1. The molecule has 1 N–H and O–H groups in total. The number of hydrogen-bond donors (Lipinski definition) is 1. The van der Waals surface area contributed by atoms with Crippen LogP contribution in [0.3, 0.4) is 0 Å². The van der Waals surface area contributed by atoms with E-state index in [9.17, 15) is 8.42 Å². The Balaban J connectivity index is 2.77. The first-order valence-corrected chi connectivity index (χ1v) is 7.50. The molecule has 18 heavy (non-hydrogen) atoms. The molecule has 1 aromatic carbocycles. The van der Waals surface area contributed by atoms with E-state index in [2.05, 4.69) is 12.0 Å². The lowest BCUT2D eigenvalue weighted by molar-refractivity contribution is 0.290. The Labute approximate surface area is 108 Å². The van der Waals surface area contributed by atoms with Crippen molar-refractivity contribution in [2.45, 2.75) is 19.4 Å². The number of nitrogens with zero attached hydrogens (tertiary/aromatic N) is 1. The number of rotatable bonds is 5. The first-order chi connectivity index (χ1) is 8.54. The van der Waals surface area contributed by atoms with Gasteiger partial charge in [-0.15, -0.1) is 0 Å². The molecule has 0 fully saturated rings. The van der Waals surface area contributed by atoms with Gasteiger partial charge in [0.1, 0.15) is 0 Å². The Hall–Kier alpha value is -1.51. The van der Waals surface area contributed by atoms with Gasteiger partial charge in [-0.2, -0.15) is 0 Å². The number of aliphatic hydroxyl groups is 1. The zero-order valence-corrected chi connectivity index (χ0v) is 11.2. The summed E-state index contributed by atoms with van der Waals surface area (Å²) in [6.45, 7) is 0.304. The van der Waals surface area contributed by atoms with Crippen LogP contribution in [0.25, 0.3) is 0 Å². The van der Waals surface area contributed by atoms with Crippen molar-refractivity contribution in [2.24, 2.45) is 0 Å². The van der Waals surface area contributed by atoms with Crippen LogP contribution in [0.1, 0.15) is 18.4 Å². The Morgan fingerprint density at radius 2 is 1.94 bits per heavy atom. The largest absolute Gasteiger partial charge is 0.396 e. The highest BCUT2D eigenvalue weighted by atomic mass is 32.2. The van der Waals surface area contributed by atoms with Gasteiger partial charge in [-0.25, -0.2) is 12.7 Å². The highest BCUT2D eigenvalue weighted by Crippen LogP contribution is 2.07. The maximum atomic E-state index is 11.6. The Morgan fingerprint density at radius 3 is 2.50 bits per heavy atom. The second-order valence-electron chi connectivity index (χ2n) is 3.87. The summed E-state index contributed by atoms with van der Waals surface area (Å²) < 4.78 is 24.3. The normalized spacial score (nSPS) is 10.6. The van der Waals surface area contributed by atoms with Crippen molar-refractivity contribution in [2.75, 3.05) is 12.9 Å². The van der Waals surface area contributed by atoms with Gasteiger partial charge < -0.3 is 5.11 Å². The fraction of sp³-hybridized carbons (Fsp3) is 0.385. The van der Waals surface area contributed by atoms with Crippen LogP contribution in [0.15, 0.2) is 30.3 Å². The second kappa shape index (κ2) is 7.04. The van der Waals surface area contributed by atoms with E-state index in [1.165, 1.54) is 0 Å². The molecule has 1 rings (SSSR count). The first kappa shape index (κ1) is 14.6. The monoisotopic (exact) mass is 267 g/mol. The van der Waals surface area contributed by atoms with Crippen LogP contribution in [0.4, 0.5) is 0 Å². The summed E-state index contributed by atoms with van der Waals surface area (Å²) in [5.74, 6) is 2.75. The molecule has 0 bridgehead atoms. The predicted octanol–water partition coefficient (Wildman–Crippen LogP) is 1.18. The minimum atomic E-state index is -3.35. The molecule has 0 unspecified atom stereocenters. The number of hydrogen-bond acceptors (Lipinski definition) is 3. The summed E-state index contributed by atoms with van der Waals surface area (Å²) in [4.78, 5) is 0. The minimum Gasteiger partial charge on any atom is -0.396 e. The number of benzene rings is 1. The fourth-order valence-electron chi connectivity index (χ4n) is 1.30. The topological polar surface area (TPSA) is 57.6 Å². The van der Waals surface area contributed by atoms with E-state index >= 15 is 0 Å². The molecule has 0 saturated heterocycles. The van der Waals surface area contributed by atoms with Gasteiger partial charge in [0.15, 0.2) is 0 Å². The summed E-state index contributed by atoms with van der Waals surface area (Å²) in [5, 5.41) is 8.63. The molecule has 4 nitrogen and oxygen atoms in total. The van der Waals surface area contributed by atoms with Crippen LogP contribution in [0.5, 0.6) is 0 Å². The quantitative estimate of drug-likeness (QED) is 0.495. The third-order valence-electron chi connectivity index (χ3n) is 2.23. The van der Waals surface area contributed by atoms with Crippen molar-refractivity contribution < 1.29 is 13.5 Å². The zero-order valence-electron chi connectivity index (χ0n) is 10.3. The third kappa shape index (κ3) is 5.21. The summed E-state index contributed by atoms with van der Waals surface area (Å²) in [5.41, 5.74) is 0.888. The third-order valence-corrected chi connectivity index (χ3v) is 3.25. The molecule has 0 amide bonds. The van der Waals surface area contributed by atoms with Crippen molar-refractivity contribution in [1.29, 1.82) is 0 Å². The summed E-state index contributed by atoms with van der Waals surface area (Å²) in [7, 11) is -3.35. The molecule has 1 aromatic rings. The molecule has 98 valence electrons. The summed E-state index contributed by atoms with van der Waals surface area (Å²) >= 11 is 0. The van der Waals surface area contributed by atoms with Gasteiger partial charge in [-0.1, -0.05) is 36.3 Å². The van der Waals surface area contributed by atoms with Gasteiger partial charge in [0.05, 0.1) is 12.8 Å². The Bertz CT molecular complexity index is 514. The average molecular weight is 267 g/mol.